The Kier molecular flexibility index (Phi) is 7.99. The minimum atomic E-state index is -0.887. The third-order valence-corrected chi connectivity index (χ3v) is 5.17. The van der Waals surface area contributed by atoms with Crippen LogP contribution in [0.1, 0.15) is 37.8 Å². The quantitative estimate of drug-likeness (QED) is 0.459. The Morgan fingerprint density at radius 1 is 1.22 bits per heavy atom. The lowest BCUT2D eigenvalue weighted by Crippen LogP contribution is -2.46. The number of para-hydroxylation sites is 1. The summed E-state index contributed by atoms with van der Waals surface area (Å²) in [4.78, 5) is 28.3. The van der Waals surface area contributed by atoms with E-state index in [9.17, 15) is 9.59 Å². The molecule has 0 spiro atoms. The fraction of sp³-hybridized carbons (Fsp3) is 0.478. The molecular formula is C23H31N5O4. The van der Waals surface area contributed by atoms with Crippen molar-refractivity contribution in [3.05, 3.63) is 47.9 Å². The first kappa shape index (κ1) is 23.5. The molecule has 0 unspecified atom stereocenters. The van der Waals surface area contributed by atoms with Crippen molar-refractivity contribution < 1.29 is 18.7 Å². The number of hydrogen-bond acceptors (Lipinski definition) is 6. The van der Waals surface area contributed by atoms with E-state index in [0.29, 0.717) is 42.7 Å². The average Bonchev–Trinajstić information content (AvgIpc) is 3.37. The minimum Gasteiger partial charge on any atom is -0.464 e. The molecule has 2 amide bonds. The first-order valence-corrected chi connectivity index (χ1v) is 10.8. The van der Waals surface area contributed by atoms with E-state index < -0.39 is 6.04 Å². The largest absolute Gasteiger partial charge is 0.464 e. The number of rotatable bonds is 11. The molecule has 0 aliphatic rings. The monoisotopic (exact) mass is 441 g/mol. The first-order chi connectivity index (χ1) is 15.4. The van der Waals surface area contributed by atoms with Crippen molar-refractivity contribution in [3.8, 4) is 0 Å². The van der Waals surface area contributed by atoms with Crippen molar-refractivity contribution in [1.82, 2.24) is 25.2 Å². The van der Waals surface area contributed by atoms with Crippen molar-refractivity contribution in [1.29, 1.82) is 0 Å². The summed E-state index contributed by atoms with van der Waals surface area (Å²) in [7, 11) is 1.57. The highest BCUT2D eigenvalue weighted by atomic mass is 16.5. The van der Waals surface area contributed by atoms with Gasteiger partial charge < -0.3 is 19.4 Å². The fourth-order valence-corrected chi connectivity index (χ4v) is 3.45. The number of carbonyl (C=O) groups excluding carboxylic acids is 2. The van der Waals surface area contributed by atoms with Gasteiger partial charge in [-0.25, -0.2) is 4.68 Å². The second-order valence-electron chi connectivity index (χ2n) is 8.14. The molecule has 3 aromatic rings. The number of aryl methyl sites for hydroxylation is 1. The topological polar surface area (TPSA) is 102 Å². The summed E-state index contributed by atoms with van der Waals surface area (Å²) in [5, 5.41) is 11.1. The maximum Gasteiger partial charge on any atom is 0.250 e. The van der Waals surface area contributed by atoms with Crippen molar-refractivity contribution in [2.45, 2.75) is 39.8 Å². The maximum absolute atomic E-state index is 13.5. The fourth-order valence-electron chi connectivity index (χ4n) is 3.45. The number of benzene rings is 1. The molecule has 3 rings (SSSR count). The van der Waals surface area contributed by atoms with Gasteiger partial charge in [0.1, 0.15) is 23.6 Å². The van der Waals surface area contributed by atoms with Crippen LogP contribution in [0, 0.1) is 12.8 Å². The van der Waals surface area contributed by atoms with E-state index in [-0.39, 0.29) is 18.4 Å². The number of hydrogen-bond donors (Lipinski definition) is 1. The van der Waals surface area contributed by atoms with Gasteiger partial charge in [-0.3, -0.25) is 9.59 Å². The van der Waals surface area contributed by atoms with Crippen LogP contribution in [-0.4, -0.2) is 58.5 Å². The van der Waals surface area contributed by atoms with Crippen LogP contribution in [0.5, 0.6) is 0 Å². The Morgan fingerprint density at radius 2 is 2.00 bits per heavy atom. The van der Waals surface area contributed by atoms with Gasteiger partial charge in [0.2, 0.25) is 5.91 Å². The molecule has 0 saturated heterocycles. The molecule has 172 valence electrons. The van der Waals surface area contributed by atoms with Crippen molar-refractivity contribution in [3.63, 3.8) is 0 Å². The summed E-state index contributed by atoms with van der Waals surface area (Å²) < 4.78 is 12.4. The van der Waals surface area contributed by atoms with Crippen LogP contribution in [0.4, 0.5) is 0 Å². The summed E-state index contributed by atoms with van der Waals surface area (Å²) in [5.41, 5.74) is 1.48. The third-order valence-electron chi connectivity index (χ3n) is 5.17. The lowest BCUT2D eigenvalue weighted by molar-refractivity contribution is -0.142. The summed E-state index contributed by atoms with van der Waals surface area (Å²) >= 11 is 0. The zero-order valence-electron chi connectivity index (χ0n) is 19.1. The van der Waals surface area contributed by atoms with Gasteiger partial charge in [0.05, 0.1) is 12.1 Å². The smallest absolute Gasteiger partial charge is 0.250 e. The molecule has 1 atom stereocenters. The molecule has 0 saturated carbocycles. The van der Waals surface area contributed by atoms with E-state index in [0.717, 1.165) is 11.9 Å². The van der Waals surface area contributed by atoms with E-state index in [1.807, 2.05) is 31.2 Å². The zero-order chi connectivity index (χ0) is 23.1. The number of amides is 2. The summed E-state index contributed by atoms with van der Waals surface area (Å²) in [6.07, 6.45) is 0.741. The molecule has 0 aliphatic heterocycles. The second kappa shape index (κ2) is 10.9. The highest BCUT2D eigenvalue weighted by molar-refractivity contribution is 5.88. The molecule has 2 aromatic heterocycles. The van der Waals surface area contributed by atoms with Gasteiger partial charge in [0.25, 0.3) is 5.91 Å². The van der Waals surface area contributed by atoms with Crippen LogP contribution in [0.15, 0.2) is 40.8 Å². The van der Waals surface area contributed by atoms with Crippen LogP contribution in [0.3, 0.4) is 0 Å². The predicted octanol–water partition coefficient (Wildman–Crippen LogP) is 2.71. The number of methoxy groups -OCH3 is 1. The van der Waals surface area contributed by atoms with Gasteiger partial charge in [0, 0.05) is 20.2 Å². The summed E-state index contributed by atoms with van der Waals surface area (Å²) in [6, 6.07) is 10.1. The molecule has 2 heterocycles. The Labute approximate surface area is 187 Å². The first-order valence-electron chi connectivity index (χ1n) is 10.8. The maximum atomic E-state index is 13.5. The molecule has 0 radical (unpaired) electrons. The van der Waals surface area contributed by atoms with Gasteiger partial charge in [-0.15, -0.1) is 5.10 Å². The average molecular weight is 442 g/mol. The molecule has 9 heteroatoms. The predicted molar refractivity (Wildman–Crippen MR) is 120 cm³/mol. The van der Waals surface area contributed by atoms with Crippen molar-refractivity contribution >= 4 is 22.8 Å². The van der Waals surface area contributed by atoms with E-state index in [1.165, 1.54) is 0 Å². The number of aromatic nitrogens is 3. The van der Waals surface area contributed by atoms with Crippen LogP contribution in [-0.2, 0) is 20.9 Å². The second-order valence-corrected chi connectivity index (χ2v) is 8.14. The van der Waals surface area contributed by atoms with Gasteiger partial charge >= 0.3 is 0 Å². The Morgan fingerprint density at radius 3 is 2.69 bits per heavy atom. The highest BCUT2D eigenvalue weighted by Crippen LogP contribution is 2.25. The molecule has 9 nitrogen and oxygen atoms in total. The van der Waals surface area contributed by atoms with E-state index >= 15 is 0 Å². The molecule has 1 aromatic carbocycles. The Bertz CT molecular complexity index is 1040. The third kappa shape index (κ3) is 5.73. The van der Waals surface area contributed by atoms with Gasteiger partial charge in [-0.1, -0.05) is 31.2 Å². The normalized spacial score (nSPS) is 12.3. The molecule has 0 bridgehead atoms. The molecule has 32 heavy (non-hydrogen) atoms. The molecule has 0 aliphatic carbocycles. The zero-order valence-corrected chi connectivity index (χ0v) is 19.1. The molecule has 0 fully saturated rings. The highest BCUT2D eigenvalue weighted by Gasteiger charge is 2.34. The minimum absolute atomic E-state index is 0.0276. The molecular weight excluding hydrogens is 410 g/mol. The van der Waals surface area contributed by atoms with E-state index in [4.69, 9.17) is 9.15 Å². The number of furan rings is 1. The summed E-state index contributed by atoms with van der Waals surface area (Å²) in [6.45, 7) is 7.07. The number of ether oxygens (including phenoxy) is 1. The number of carbonyl (C=O) groups is 2. The van der Waals surface area contributed by atoms with E-state index in [1.54, 1.807) is 28.8 Å². The Hall–Kier alpha value is -3.20. The van der Waals surface area contributed by atoms with Crippen molar-refractivity contribution in [2.75, 3.05) is 26.8 Å². The summed E-state index contributed by atoms with van der Waals surface area (Å²) in [5.74, 6) is 0.915. The van der Waals surface area contributed by atoms with Crippen LogP contribution >= 0.6 is 0 Å². The van der Waals surface area contributed by atoms with Crippen molar-refractivity contribution in [2.24, 2.45) is 5.92 Å². The van der Waals surface area contributed by atoms with Gasteiger partial charge in [-0.2, -0.15) is 0 Å². The number of fused-ring (bicyclic) bond motifs is 1. The van der Waals surface area contributed by atoms with Crippen LogP contribution in [0.25, 0.3) is 11.0 Å². The standard InChI is InChI=1S/C23H31N5O4/c1-16(2)11-13-27(21(29)15-28-19-8-6-5-7-18(19)25-26-28)22(20-10-9-17(3)32-20)23(30)24-12-14-31-4/h5-10,16,22H,11-15H2,1-4H3,(H,24,30)/t22-/m0/s1. The van der Waals surface area contributed by atoms with Gasteiger partial charge in [0.15, 0.2) is 6.04 Å². The van der Waals surface area contributed by atoms with Crippen LogP contribution in [0.2, 0.25) is 0 Å². The van der Waals surface area contributed by atoms with Gasteiger partial charge in [-0.05, 0) is 43.5 Å². The number of nitrogens with zero attached hydrogens (tertiary/aromatic N) is 4. The Balaban J connectivity index is 1.91. The number of nitrogens with one attached hydrogen (secondary N) is 1. The SMILES string of the molecule is COCCNC(=O)[C@H](c1ccc(C)o1)N(CCC(C)C)C(=O)Cn1nnc2ccccc21. The lowest BCUT2D eigenvalue weighted by atomic mass is 10.1. The van der Waals surface area contributed by atoms with E-state index in [2.05, 4.69) is 29.5 Å². The lowest BCUT2D eigenvalue weighted by Gasteiger charge is -2.30. The molecule has 1 N–H and O–H groups in total. The van der Waals surface area contributed by atoms with Crippen LogP contribution < -0.4 is 5.32 Å².